The molecule has 0 spiro atoms. The van der Waals surface area contributed by atoms with Gasteiger partial charge in [-0.25, -0.2) is 4.98 Å². The van der Waals surface area contributed by atoms with Crippen LogP contribution in [0.25, 0.3) is 0 Å². The third-order valence-electron chi connectivity index (χ3n) is 3.76. The van der Waals surface area contributed by atoms with Crippen LogP contribution in [0.4, 0.5) is 0 Å². The molecular weight excluding hydrogens is 414 g/mol. The first-order chi connectivity index (χ1) is 13.5. The van der Waals surface area contributed by atoms with E-state index < -0.39 is 0 Å². The van der Waals surface area contributed by atoms with E-state index in [0.717, 1.165) is 26.9 Å². The summed E-state index contributed by atoms with van der Waals surface area (Å²) in [4.78, 5) is 29.6. The van der Waals surface area contributed by atoms with Crippen LogP contribution in [0.3, 0.4) is 0 Å². The van der Waals surface area contributed by atoms with Gasteiger partial charge in [0.2, 0.25) is 5.91 Å². The average Bonchev–Trinajstić information content (AvgIpc) is 3.12. The fourth-order valence-electron chi connectivity index (χ4n) is 2.36. The van der Waals surface area contributed by atoms with Gasteiger partial charge in [-0.15, -0.1) is 23.1 Å². The fourth-order valence-corrected chi connectivity index (χ4v) is 4.00. The Kier molecular flexibility index (Phi) is 7.08. The summed E-state index contributed by atoms with van der Waals surface area (Å²) in [5.74, 6) is 0.119. The van der Waals surface area contributed by atoms with Gasteiger partial charge in [0.15, 0.2) is 0 Å². The molecule has 2 aromatic carbocycles. The maximum absolute atomic E-state index is 12.2. The van der Waals surface area contributed by atoms with Gasteiger partial charge in [0.25, 0.3) is 5.91 Å². The molecule has 5 nitrogen and oxygen atoms in total. The van der Waals surface area contributed by atoms with Crippen LogP contribution >= 0.6 is 34.7 Å². The number of hydrogen-bond donors (Lipinski definition) is 2. The molecule has 3 aromatic rings. The molecule has 0 saturated heterocycles. The second-order valence-electron chi connectivity index (χ2n) is 5.98. The van der Waals surface area contributed by atoms with Gasteiger partial charge in [-0.1, -0.05) is 23.7 Å². The van der Waals surface area contributed by atoms with Crippen molar-refractivity contribution in [3.05, 3.63) is 80.8 Å². The summed E-state index contributed by atoms with van der Waals surface area (Å²) in [5, 5.41) is 3.72. The first-order valence-corrected chi connectivity index (χ1v) is 10.7. The van der Waals surface area contributed by atoms with E-state index in [1.165, 1.54) is 0 Å². The van der Waals surface area contributed by atoms with Gasteiger partial charge in [0, 0.05) is 26.6 Å². The van der Waals surface area contributed by atoms with E-state index in [1.54, 1.807) is 59.5 Å². The van der Waals surface area contributed by atoms with Crippen molar-refractivity contribution < 1.29 is 9.59 Å². The van der Waals surface area contributed by atoms with Crippen molar-refractivity contribution >= 4 is 46.5 Å². The highest BCUT2D eigenvalue weighted by atomic mass is 35.5. The van der Waals surface area contributed by atoms with E-state index in [2.05, 4.69) is 21.2 Å². The molecule has 3 rings (SSSR count). The first-order valence-electron chi connectivity index (χ1n) is 8.47. The topological polar surface area (TPSA) is 71.1 Å². The van der Waals surface area contributed by atoms with Gasteiger partial charge in [0.05, 0.1) is 17.1 Å². The number of carbonyl (C=O) groups excluding carboxylic acids is 2. The zero-order valence-electron chi connectivity index (χ0n) is 15.1. The molecule has 1 aromatic heterocycles. The van der Waals surface area contributed by atoms with E-state index in [1.807, 2.05) is 19.1 Å². The monoisotopic (exact) mass is 431 g/mol. The summed E-state index contributed by atoms with van der Waals surface area (Å²) in [6.07, 6.45) is 0.156. The lowest BCUT2D eigenvalue weighted by atomic mass is 10.1. The van der Waals surface area contributed by atoms with Crippen molar-refractivity contribution in [1.29, 1.82) is 0 Å². The molecule has 8 heteroatoms. The third kappa shape index (κ3) is 6.09. The van der Waals surface area contributed by atoms with Crippen molar-refractivity contribution in [3.63, 3.8) is 0 Å². The molecule has 28 heavy (non-hydrogen) atoms. The number of aromatic nitrogens is 1. The maximum atomic E-state index is 12.2. The van der Waals surface area contributed by atoms with Crippen LogP contribution in [0.15, 0.2) is 58.8 Å². The van der Waals surface area contributed by atoms with Crippen molar-refractivity contribution in [2.24, 2.45) is 0 Å². The van der Waals surface area contributed by atoms with Crippen LogP contribution in [0, 0.1) is 6.92 Å². The number of hydrogen-bond acceptors (Lipinski definition) is 5. The van der Waals surface area contributed by atoms with Crippen LogP contribution in [0.5, 0.6) is 0 Å². The second-order valence-corrected chi connectivity index (χ2v) is 8.52. The second kappa shape index (κ2) is 9.73. The summed E-state index contributed by atoms with van der Waals surface area (Å²) in [6, 6.07) is 14.2. The summed E-state index contributed by atoms with van der Waals surface area (Å²) in [6.45, 7) is 1.99. The van der Waals surface area contributed by atoms with Gasteiger partial charge in [-0.3, -0.25) is 20.4 Å². The van der Waals surface area contributed by atoms with Crippen LogP contribution in [0.1, 0.15) is 26.6 Å². The van der Waals surface area contributed by atoms with E-state index >= 15 is 0 Å². The predicted octanol–water partition coefficient (Wildman–Crippen LogP) is 4.40. The molecule has 0 aliphatic carbocycles. The third-order valence-corrected chi connectivity index (χ3v) is 5.88. The molecule has 0 unspecified atom stereocenters. The molecule has 0 bridgehead atoms. The molecule has 0 saturated carbocycles. The minimum Gasteiger partial charge on any atom is -0.273 e. The Hall–Kier alpha value is -2.35. The van der Waals surface area contributed by atoms with Gasteiger partial charge in [-0.05, 0) is 48.9 Å². The van der Waals surface area contributed by atoms with E-state index in [-0.39, 0.29) is 18.2 Å². The average molecular weight is 432 g/mol. The van der Waals surface area contributed by atoms with Gasteiger partial charge in [0.1, 0.15) is 0 Å². The Morgan fingerprint density at radius 3 is 2.43 bits per heavy atom. The Labute approximate surface area is 176 Å². The number of thioether (sulfide) groups is 1. The number of halogens is 1. The Morgan fingerprint density at radius 1 is 1.07 bits per heavy atom. The zero-order valence-corrected chi connectivity index (χ0v) is 17.5. The summed E-state index contributed by atoms with van der Waals surface area (Å²) in [7, 11) is 0. The molecule has 2 amide bonds. The SMILES string of the molecule is Cc1nc(CSc2ccc(C(=O)NNC(=O)Cc3ccc(Cl)cc3)cc2)cs1. The Bertz CT molecular complexity index is 956. The van der Waals surface area contributed by atoms with Gasteiger partial charge >= 0.3 is 0 Å². The lowest BCUT2D eigenvalue weighted by Crippen LogP contribution is -2.42. The lowest BCUT2D eigenvalue weighted by Gasteiger charge is -2.08. The molecule has 144 valence electrons. The molecule has 0 fully saturated rings. The molecular formula is C20H18ClN3O2S2. The standard InChI is InChI=1S/C20H18ClN3O2S2/c1-13-22-17(11-27-13)12-28-18-8-4-15(5-9-18)20(26)24-23-19(25)10-14-2-6-16(21)7-3-14/h2-9,11H,10,12H2,1H3,(H,23,25)(H,24,26). The summed E-state index contributed by atoms with van der Waals surface area (Å²) in [5.41, 5.74) is 7.19. The van der Waals surface area contributed by atoms with Crippen molar-refractivity contribution in [1.82, 2.24) is 15.8 Å². The highest BCUT2D eigenvalue weighted by Crippen LogP contribution is 2.23. The van der Waals surface area contributed by atoms with Gasteiger partial charge < -0.3 is 0 Å². The number of aryl methyl sites for hydroxylation is 1. The predicted molar refractivity (Wildman–Crippen MR) is 114 cm³/mol. The van der Waals surface area contributed by atoms with Crippen molar-refractivity contribution in [2.75, 3.05) is 0 Å². The first kappa shape index (κ1) is 20.4. The Morgan fingerprint density at radius 2 is 1.79 bits per heavy atom. The number of thiazole rings is 1. The van der Waals surface area contributed by atoms with Crippen LogP contribution in [-0.2, 0) is 17.0 Å². The Balaban J connectivity index is 1.46. The fraction of sp³-hybridized carbons (Fsp3) is 0.150. The van der Waals surface area contributed by atoms with Crippen LogP contribution in [0.2, 0.25) is 5.02 Å². The molecule has 0 aliphatic rings. The van der Waals surface area contributed by atoms with Crippen LogP contribution in [-0.4, -0.2) is 16.8 Å². The van der Waals surface area contributed by atoms with E-state index in [9.17, 15) is 9.59 Å². The number of nitrogens with one attached hydrogen (secondary N) is 2. The minimum atomic E-state index is -0.365. The number of nitrogens with zero attached hydrogens (tertiary/aromatic N) is 1. The number of rotatable bonds is 6. The number of benzene rings is 2. The molecule has 2 N–H and O–H groups in total. The highest BCUT2D eigenvalue weighted by molar-refractivity contribution is 7.98. The molecule has 0 radical (unpaired) electrons. The maximum Gasteiger partial charge on any atom is 0.269 e. The summed E-state index contributed by atoms with van der Waals surface area (Å²) < 4.78 is 0. The summed E-state index contributed by atoms with van der Waals surface area (Å²) >= 11 is 9.12. The molecule has 0 atom stereocenters. The van der Waals surface area contributed by atoms with Crippen molar-refractivity contribution in [3.8, 4) is 0 Å². The molecule has 1 heterocycles. The minimum absolute atomic E-state index is 0.156. The smallest absolute Gasteiger partial charge is 0.269 e. The zero-order chi connectivity index (χ0) is 19.9. The number of hydrazine groups is 1. The quantitative estimate of drug-likeness (QED) is 0.448. The lowest BCUT2D eigenvalue weighted by molar-refractivity contribution is -0.121. The van der Waals surface area contributed by atoms with E-state index in [0.29, 0.717) is 10.6 Å². The highest BCUT2D eigenvalue weighted by Gasteiger charge is 2.09. The van der Waals surface area contributed by atoms with Gasteiger partial charge in [-0.2, -0.15) is 0 Å². The van der Waals surface area contributed by atoms with E-state index in [4.69, 9.17) is 11.6 Å². The normalized spacial score (nSPS) is 10.5. The molecule has 0 aliphatic heterocycles. The largest absolute Gasteiger partial charge is 0.273 e. The van der Waals surface area contributed by atoms with Crippen molar-refractivity contribution in [2.45, 2.75) is 24.0 Å². The van der Waals surface area contributed by atoms with Crippen LogP contribution < -0.4 is 10.9 Å². The number of amides is 2. The number of carbonyl (C=O) groups is 2.